The maximum Gasteiger partial charge on any atom is 0.329 e. The fraction of sp³-hybridized carbons (Fsp3) is 0.625. The summed E-state index contributed by atoms with van der Waals surface area (Å²) in [5.74, 6) is -9.47. The molecule has 1 aliphatic heterocycles. The van der Waals surface area contributed by atoms with Crippen LogP contribution in [-0.4, -0.2) is 54.2 Å². The SMILES string of the molecule is NC(CCCCNC(=O)Cc1cccs1)C(=O)N1CC(F)(F)C(F)(F)C1. The predicted molar refractivity (Wildman–Crippen MR) is 89.3 cm³/mol. The van der Waals surface area contributed by atoms with Gasteiger partial charge in [-0.05, 0) is 30.7 Å². The molecule has 1 unspecified atom stereocenters. The number of unbranched alkanes of at least 4 members (excludes halogenated alkanes) is 1. The first kappa shape index (κ1) is 20.6. The normalized spacial score (nSPS) is 19.3. The highest BCUT2D eigenvalue weighted by atomic mass is 32.1. The molecule has 1 aromatic rings. The first-order valence-electron chi connectivity index (χ1n) is 8.21. The second-order valence-electron chi connectivity index (χ2n) is 6.31. The van der Waals surface area contributed by atoms with E-state index in [-0.39, 0.29) is 12.3 Å². The molecule has 1 fully saturated rings. The third kappa shape index (κ3) is 5.16. The van der Waals surface area contributed by atoms with Crippen molar-refractivity contribution in [3.63, 3.8) is 0 Å². The lowest BCUT2D eigenvalue weighted by Gasteiger charge is -2.19. The largest absolute Gasteiger partial charge is 0.356 e. The first-order chi connectivity index (χ1) is 12.1. The number of nitrogens with zero attached hydrogens (tertiary/aromatic N) is 1. The van der Waals surface area contributed by atoms with E-state index in [2.05, 4.69) is 5.32 Å². The lowest BCUT2D eigenvalue weighted by Crippen LogP contribution is -2.43. The molecule has 0 bridgehead atoms. The summed E-state index contributed by atoms with van der Waals surface area (Å²) in [5.41, 5.74) is 5.64. The molecule has 2 amide bonds. The maximum absolute atomic E-state index is 13.1. The number of nitrogens with one attached hydrogen (secondary N) is 1. The number of alkyl halides is 4. The van der Waals surface area contributed by atoms with Crippen molar-refractivity contribution in [2.24, 2.45) is 5.73 Å². The lowest BCUT2D eigenvalue weighted by atomic mass is 10.1. The van der Waals surface area contributed by atoms with E-state index >= 15 is 0 Å². The van der Waals surface area contributed by atoms with Crippen molar-refractivity contribution in [3.05, 3.63) is 22.4 Å². The van der Waals surface area contributed by atoms with Crippen LogP contribution in [-0.2, 0) is 16.0 Å². The van der Waals surface area contributed by atoms with E-state index in [9.17, 15) is 27.2 Å². The summed E-state index contributed by atoms with van der Waals surface area (Å²) >= 11 is 1.49. The van der Waals surface area contributed by atoms with Crippen LogP contribution in [0.3, 0.4) is 0 Å². The minimum absolute atomic E-state index is 0.116. The third-order valence-electron chi connectivity index (χ3n) is 4.12. The monoisotopic (exact) mass is 395 g/mol. The van der Waals surface area contributed by atoms with Gasteiger partial charge in [0.05, 0.1) is 25.6 Å². The second-order valence-corrected chi connectivity index (χ2v) is 7.34. The van der Waals surface area contributed by atoms with Crippen LogP contribution in [0.5, 0.6) is 0 Å². The summed E-state index contributed by atoms with van der Waals surface area (Å²) in [7, 11) is 0. The molecule has 3 N–H and O–H groups in total. The Bertz CT molecular complexity index is 609. The number of likely N-dealkylation sites (tertiary alicyclic amines) is 1. The van der Waals surface area contributed by atoms with Gasteiger partial charge >= 0.3 is 11.8 Å². The van der Waals surface area contributed by atoms with Gasteiger partial charge in [0.15, 0.2) is 0 Å². The Labute approximate surface area is 152 Å². The lowest BCUT2D eigenvalue weighted by molar-refractivity contribution is -0.172. The molecule has 0 aromatic carbocycles. The van der Waals surface area contributed by atoms with Gasteiger partial charge in [-0.1, -0.05) is 6.07 Å². The van der Waals surface area contributed by atoms with Crippen LogP contribution in [0.2, 0.25) is 0 Å². The van der Waals surface area contributed by atoms with E-state index < -0.39 is 36.9 Å². The number of nitrogens with two attached hydrogens (primary N) is 1. The van der Waals surface area contributed by atoms with E-state index in [1.54, 1.807) is 0 Å². The quantitative estimate of drug-likeness (QED) is 0.522. The van der Waals surface area contributed by atoms with Gasteiger partial charge in [-0.15, -0.1) is 11.3 Å². The zero-order valence-electron chi connectivity index (χ0n) is 14.0. The highest BCUT2D eigenvalue weighted by Gasteiger charge is 2.64. The molecule has 0 aliphatic carbocycles. The van der Waals surface area contributed by atoms with Crippen LogP contribution in [0.15, 0.2) is 17.5 Å². The van der Waals surface area contributed by atoms with Crippen LogP contribution in [0.4, 0.5) is 17.6 Å². The second kappa shape index (κ2) is 8.34. The molecule has 1 atom stereocenters. The predicted octanol–water partition coefficient (Wildman–Crippen LogP) is 2.02. The molecule has 2 heterocycles. The molecule has 26 heavy (non-hydrogen) atoms. The van der Waals surface area contributed by atoms with Gasteiger partial charge in [0.2, 0.25) is 11.8 Å². The van der Waals surface area contributed by atoms with Crippen molar-refractivity contribution < 1.29 is 27.2 Å². The number of rotatable bonds is 8. The van der Waals surface area contributed by atoms with E-state index in [0.717, 1.165) is 4.88 Å². The topological polar surface area (TPSA) is 75.4 Å². The zero-order valence-corrected chi connectivity index (χ0v) is 14.8. The number of thiophene rings is 1. The Morgan fingerprint density at radius 2 is 1.88 bits per heavy atom. The van der Waals surface area contributed by atoms with E-state index in [4.69, 9.17) is 5.73 Å². The van der Waals surface area contributed by atoms with Crippen LogP contribution in [0, 0.1) is 0 Å². The van der Waals surface area contributed by atoms with Gasteiger partial charge in [-0.3, -0.25) is 9.59 Å². The zero-order chi connectivity index (χ0) is 19.4. The van der Waals surface area contributed by atoms with E-state index in [1.807, 2.05) is 17.5 Å². The summed E-state index contributed by atoms with van der Waals surface area (Å²) in [4.78, 5) is 25.0. The highest BCUT2D eigenvalue weighted by Crippen LogP contribution is 2.41. The third-order valence-corrected chi connectivity index (χ3v) is 5.00. The van der Waals surface area contributed by atoms with Gasteiger partial charge < -0.3 is 16.0 Å². The molecule has 1 saturated heterocycles. The maximum atomic E-state index is 13.1. The molecular weight excluding hydrogens is 374 g/mol. The van der Waals surface area contributed by atoms with Crippen LogP contribution in [0.25, 0.3) is 0 Å². The summed E-state index contributed by atoms with van der Waals surface area (Å²) in [6.45, 7) is -2.23. The Hall–Kier alpha value is -1.68. The number of carbonyl (C=O) groups excluding carboxylic acids is 2. The summed E-state index contributed by atoms with van der Waals surface area (Å²) in [5, 5.41) is 4.62. The Morgan fingerprint density at radius 3 is 2.46 bits per heavy atom. The smallest absolute Gasteiger partial charge is 0.329 e. The van der Waals surface area contributed by atoms with Crippen molar-refractivity contribution in [1.82, 2.24) is 10.2 Å². The van der Waals surface area contributed by atoms with Crippen LogP contribution < -0.4 is 11.1 Å². The molecule has 1 aliphatic rings. The van der Waals surface area contributed by atoms with E-state index in [0.29, 0.717) is 30.7 Å². The standard InChI is InChI=1S/C16H21F4N3O2S/c17-15(18)9-23(10-16(15,19)20)14(25)12(21)5-1-2-6-22-13(24)8-11-4-3-7-26-11/h3-4,7,12H,1-2,5-6,8-10,21H2,(H,22,24). The van der Waals surface area contributed by atoms with Crippen molar-refractivity contribution in [3.8, 4) is 0 Å². The first-order valence-corrected chi connectivity index (χ1v) is 9.09. The molecule has 10 heteroatoms. The van der Waals surface area contributed by atoms with Crippen molar-refractivity contribution in [2.75, 3.05) is 19.6 Å². The number of hydrogen-bond acceptors (Lipinski definition) is 4. The van der Waals surface area contributed by atoms with Gasteiger partial charge in [-0.25, -0.2) is 0 Å². The van der Waals surface area contributed by atoms with Gasteiger partial charge in [0, 0.05) is 11.4 Å². The summed E-state index contributed by atoms with van der Waals surface area (Å²) < 4.78 is 52.5. The average molecular weight is 395 g/mol. The van der Waals surface area contributed by atoms with Gasteiger partial charge in [-0.2, -0.15) is 17.6 Å². The summed E-state index contributed by atoms with van der Waals surface area (Å²) in [6.07, 6.45) is 1.48. The van der Waals surface area contributed by atoms with Crippen molar-refractivity contribution in [2.45, 2.75) is 43.6 Å². The molecule has 1 aromatic heterocycles. The van der Waals surface area contributed by atoms with Crippen LogP contribution in [0.1, 0.15) is 24.1 Å². The number of halogens is 4. The highest BCUT2D eigenvalue weighted by molar-refractivity contribution is 7.10. The molecule has 0 saturated carbocycles. The number of carbonyl (C=O) groups is 2. The number of amides is 2. The fourth-order valence-electron chi connectivity index (χ4n) is 2.63. The molecule has 0 spiro atoms. The summed E-state index contributed by atoms with van der Waals surface area (Å²) in [6, 6.07) is 2.61. The number of hydrogen-bond donors (Lipinski definition) is 2. The fourth-order valence-corrected chi connectivity index (χ4v) is 3.33. The molecule has 2 rings (SSSR count). The Morgan fingerprint density at radius 1 is 1.23 bits per heavy atom. The minimum Gasteiger partial charge on any atom is -0.356 e. The minimum atomic E-state index is -4.23. The molecular formula is C16H21F4N3O2S. The molecule has 5 nitrogen and oxygen atoms in total. The Balaban J connectivity index is 1.63. The van der Waals surface area contributed by atoms with E-state index in [1.165, 1.54) is 11.3 Å². The Kier molecular flexibility index (Phi) is 6.62. The van der Waals surface area contributed by atoms with Gasteiger partial charge in [0.25, 0.3) is 0 Å². The van der Waals surface area contributed by atoms with Gasteiger partial charge in [0.1, 0.15) is 0 Å². The van der Waals surface area contributed by atoms with Crippen molar-refractivity contribution in [1.29, 1.82) is 0 Å². The molecule has 146 valence electrons. The molecule has 0 radical (unpaired) electrons. The van der Waals surface area contributed by atoms with Crippen LogP contribution >= 0.6 is 11.3 Å². The van der Waals surface area contributed by atoms with Crippen molar-refractivity contribution >= 4 is 23.2 Å². The average Bonchev–Trinajstić information content (AvgIpc) is 3.12.